The van der Waals surface area contributed by atoms with Crippen LogP contribution in [0.15, 0.2) is 72.8 Å². The molecule has 124 valence electrons. The van der Waals surface area contributed by atoms with Gasteiger partial charge in [0.25, 0.3) is 0 Å². The van der Waals surface area contributed by atoms with Gasteiger partial charge in [0.05, 0.1) is 11.1 Å². The Morgan fingerprint density at radius 1 is 0.840 bits per heavy atom. The molecule has 0 aliphatic rings. The lowest BCUT2D eigenvalue weighted by Gasteiger charge is -2.08. The maximum absolute atomic E-state index is 12.1. The van der Waals surface area contributed by atoms with Gasteiger partial charge in [-0.05, 0) is 48.4 Å². The van der Waals surface area contributed by atoms with Gasteiger partial charge in [-0.25, -0.2) is 9.59 Å². The van der Waals surface area contributed by atoms with Crippen LogP contribution in [-0.4, -0.2) is 17.0 Å². The normalized spacial score (nSPS) is 10.3. The molecule has 1 N–H and O–H groups in total. The van der Waals surface area contributed by atoms with Gasteiger partial charge >= 0.3 is 11.9 Å². The molecule has 4 nitrogen and oxygen atoms in total. The van der Waals surface area contributed by atoms with Crippen molar-refractivity contribution < 1.29 is 19.4 Å². The minimum absolute atomic E-state index is 0.229. The van der Waals surface area contributed by atoms with Crippen LogP contribution in [0.25, 0.3) is 11.1 Å². The summed E-state index contributed by atoms with van der Waals surface area (Å²) < 4.78 is 5.35. The Bertz CT molecular complexity index is 909. The largest absolute Gasteiger partial charge is 0.478 e. The summed E-state index contributed by atoms with van der Waals surface area (Å²) in [7, 11) is 0. The van der Waals surface area contributed by atoms with Crippen molar-refractivity contribution in [3.63, 3.8) is 0 Å². The van der Waals surface area contributed by atoms with E-state index in [0.717, 1.165) is 11.1 Å². The van der Waals surface area contributed by atoms with Crippen molar-refractivity contribution >= 4 is 11.9 Å². The van der Waals surface area contributed by atoms with Crippen LogP contribution < -0.4 is 4.74 Å². The fourth-order valence-corrected chi connectivity index (χ4v) is 2.48. The number of rotatable bonds is 4. The number of carbonyl (C=O) groups excluding carboxylic acids is 1. The SMILES string of the molecule is Cc1ccc(C(=O)Oc2ccc(-c3ccccc3C(=O)O)cc2)cc1. The van der Waals surface area contributed by atoms with E-state index in [9.17, 15) is 14.7 Å². The molecule has 3 aromatic carbocycles. The van der Waals surface area contributed by atoms with Crippen LogP contribution in [0.2, 0.25) is 0 Å². The second-order valence-corrected chi connectivity index (χ2v) is 5.63. The topological polar surface area (TPSA) is 63.6 Å². The number of aromatic carboxylic acids is 1. The molecule has 0 bridgehead atoms. The molecule has 4 heteroatoms. The summed E-state index contributed by atoms with van der Waals surface area (Å²) >= 11 is 0. The minimum Gasteiger partial charge on any atom is -0.478 e. The highest BCUT2D eigenvalue weighted by Gasteiger charge is 2.12. The zero-order chi connectivity index (χ0) is 17.8. The Morgan fingerprint density at radius 3 is 2.12 bits per heavy atom. The molecule has 0 fully saturated rings. The molecule has 0 aliphatic carbocycles. The molecule has 0 radical (unpaired) electrons. The average molecular weight is 332 g/mol. The third-order valence-electron chi connectivity index (χ3n) is 3.82. The van der Waals surface area contributed by atoms with Gasteiger partial charge in [0.15, 0.2) is 0 Å². The van der Waals surface area contributed by atoms with Gasteiger partial charge in [-0.15, -0.1) is 0 Å². The zero-order valence-electron chi connectivity index (χ0n) is 13.6. The van der Waals surface area contributed by atoms with Gasteiger partial charge < -0.3 is 9.84 Å². The summed E-state index contributed by atoms with van der Waals surface area (Å²) in [6, 6.07) is 20.7. The number of esters is 1. The molecular weight excluding hydrogens is 316 g/mol. The molecule has 25 heavy (non-hydrogen) atoms. The molecule has 0 atom stereocenters. The van der Waals surface area contributed by atoms with Crippen molar-refractivity contribution in [1.82, 2.24) is 0 Å². The molecule has 0 amide bonds. The van der Waals surface area contributed by atoms with Crippen LogP contribution in [0.1, 0.15) is 26.3 Å². The standard InChI is InChI=1S/C21H16O4/c1-14-6-8-16(9-7-14)21(24)25-17-12-10-15(11-13-17)18-4-2-3-5-19(18)20(22)23/h2-13H,1H3,(H,22,23). The molecular formula is C21H16O4. The summed E-state index contributed by atoms with van der Waals surface area (Å²) in [5, 5.41) is 9.28. The Morgan fingerprint density at radius 2 is 1.48 bits per heavy atom. The molecule has 3 rings (SSSR count). The first-order chi connectivity index (χ1) is 12.0. The van der Waals surface area contributed by atoms with Crippen LogP contribution in [0.3, 0.4) is 0 Å². The summed E-state index contributed by atoms with van der Waals surface area (Å²) in [5.41, 5.74) is 3.13. The number of hydrogen-bond donors (Lipinski definition) is 1. The van der Waals surface area contributed by atoms with Crippen molar-refractivity contribution in [2.24, 2.45) is 0 Å². The Labute approximate surface area is 145 Å². The first-order valence-corrected chi connectivity index (χ1v) is 7.76. The third kappa shape index (κ3) is 3.75. The van der Waals surface area contributed by atoms with Crippen LogP contribution in [0, 0.1) is 6.92 Å². The van der Waals surface area contributed by atoms with E-state index in [2.05, 4.69) is 0 Å². The van der Waals surface area contributed by atoms with E-state index in [-0.39, 0.29) is 5.56 Å². The zero-order valence-corrected chi connectivity index (χ0v) is 13.6. The molecule has 0 saturated carbocycles. The van der Waals surface area contributed by atoms with Crippen LogP contribution >= 0.6 is 0 Å². The number of carbonyl (C=O) groups is 2. The molecule has 0 unspecified atom stereocenters. The number of aryl methyl sites for hydroxylation is 1. The molecule has 0 spiro atoms. The van der Waals surface area contributed by atoms with Crippen molar-refractivity contribution in [2.75, 3.05) is 0 Å². The number of carboxylic acid groups (broad SMARTS) is 1. The lowest BCUT2D eigenvalue weighted by molar-refractivity contribution is 0.0695. The molecule has 3 aromatic rings. The third-order valence-corrected chi connectivity index (χ3v) is 3.82. The highest BCUT2D eigenvalue weighted by atomic mass is 16.5. The van der Waals surface area contributed by atoms with E-state index in [1.165, 1.54) is 0 Å². The predicted octanol–water partition coefficient (Wildman–Crippen LogP) is 4.58. The van der Waals surface area contributed by atoms with E-state index < -0.39 is 11.9 Å². The van der Waals surface area contributed by atoms with Crippen LogP contribution in [0.4, 0.5) is 0 Å². The van der Waals surface area contributed by atoms with Crippen molar-refractivity contribution in [2.45, 2.75) is 6.92 Å². The number of hydrogen-bond acceptors (Lipinski definition) is 3. The first-order valence-electron chi connectivity index (χ1n) is 7.76. The number of benzene rings is 3. The molecule has 0 aliphatic heterocycles. The van der Waals surface area contributed by atoms with Crippen molar-refractivity contribution in [3.05, 3.63) is 89.5 Å². The molecule has 0 heterocycles. The van der Waals surface area contributed by atoms with Gasteiger partial charge in [0.1, 0.15) is 5.75 Å². The first kappa shape index (κ1) is 16.5. The number of carboxylic acids is 1. The Balaban J connectivity index is 1.80. The maximum atomic E-state index is 12.1. The second kappa shape index (κ2) is 7.01. The van der Waals surface area contributed by atoms with Crippen molar-refractivity contribution in [3.8, 4) is 16.9 Å². The van der Waals surface area contributed by atoms with E-state index in [0.29, 0.717) is 16.9 Å². The van der Waals surface area contributed by atoms with Crippen LogP contribution in [0.5, 0.6) is 5.75 Å². The minimum atomic E-state index is -0.981. The van der Waals surface area contributed by atoms with E-state index in [1.807, 2.05) is 19.1 Å². The summed E-state index contributed by atoms with van der Waals surface area (Å²) in [4.78, 5) is 23.4. The summed E-state index contributed by atoms with van der Waals surface area (Å²) in [6.45, 7) is 1.95. The Hall–Kier alpha value is -3.40. The Kier molecular flexibility index (Phi) is 4.61. The lowest BCUT2D eigenvalue weighted by atomic mass is 10.00. The quantitative estimate of drug-likeness (QED) is 0.561. The van der Waals surface area contributed by atoms with E-state index in [1.54, 1.807) is 60.7 Å². The maximum Gasteiger partial charge on any atom is 0.343 e. The van der Waals surface area contributed by atoms with Gasteiger partial charge in [0, 0.05) is 0 Å². The van der Waals surface area contributed by atoms with E-state index >= 15 is 0 Å². The summed E-state index contributed by atoms with van der Waals surface area (Å²) in [5.74, 6) is -1.01. The van der Waals surface area contributed by atoms with Gasteiger partial charge in [0.2, 0.25) is 0 Å². The average Bonchev–Trinajstić information content (AvgIpc) is 2.63. The van der Waals surface area contributed by atoms with Crippen LogP contribution in [-0.2, 0) is 0 Å². The highest BCUT2D eigenvalue weighted by molar-refractivity contribution is 5.96. The fourth-order valence-electron chi connectivity index (χ4n) is 2.48. The summed E-state index contributed by atoms with van der Waals surface area (Å²) in [6.07, 6.45) is 0. The monoisotopic (exact) mass is 332 g/mol. The van der Waals surface area contributed by atoms with Gasteiger partial charge in [-0.3, -0.25) is 0 Å². The van der Waals surface area contributed by atoms with Gasteiger partial charge in [-0.1, -0.05) is 48.0 Å². The number of ether oxygens (including phenoxy) is 1. The van der Waals surface area contributed by atoms with Gasteiger partial charge in [-0.2, -0.15) is 0 Å². The molecule has 0 saturated heterocycles. The highest BCUT2D eigenvalue weighted by Crippen LogP contribution is 2.26. The van der Waals surface area contributed by atoms with Crippen molar-refractivity contribution in [1.29, 1.82) is 0 Å². The smallest absolute Gasteiger partial charge is 0.343 e. The predicted molar refractivity (Wildman–Crippen MR) is 95.0 cm³/mol. The van der Waals surface area contributed by atoms with E-state index in [4.69, 9.17) is 4.74 Å². The molecule has 0 aromatic heterocycles. The fraction of sp³-hybridized carbons (Fsp3) is 0.0476. The second-order valence-electron chi connectivity index (χ2n) is 5.63. The lowest BCUT2D eigenvalue weighted by Crippen LogP contribution is -2.08.